The van der Waals surface area contributed by atoms with E-state index in [1.54, 1.807) is 0 Å². The van der Waals surface area contributed by atoms with Crippen molar-refractivity contribution in [3.8, 4) is 0 Å². The van der Waals surface area contributed by atoms with Crippen molar-refractivity contribution < 1.29 is 27.2 Å². The monoisotopic (exact) mass is 153 g/mol. The Morgan fingerprint density at radius 3 is 1.00 bits per heavy atom. The summed E-state index contributed by atoms with van der Waals surface area (Å²) < 4.78 is 7.09. The maximum absolute atomic E-state index is 2.36. The molecule has 2 N–H and O–H groups in total. The summed E-state index contributed by atoms with van der Waals surface area (Å²) in [6, 6.07) is 0. The quantitative estimate of drug-likeness (QED) is 0.497. The first kappa shape index (κ1) is 9.28. The molecule has 0 aliphatic heterocycles. The van der Waals surface area contributed by atoms with Crippen molar-refractivity contribution in [3.05, 3.63) is 0 Å². The van der Waals surface area contributed by atoms with Crippen molar-refractivity contribution in [3.63, 3.8) is 0 Å². The third kappa shape index (κ3) is 55.1. The van der Waals surface area contributed by atoms with E-state index in [4.69, 9.17) is 0 Å². The second kappa shape index (κ2) is 4.84. The van der Waals surface area contributed by atoms with E-state index in [9.17, 15) is 0 Å². The van der Waals surface area contributed by atoms with Crippen LogP contribution in [0.15, 0.2) is 0 Å². The molecule has 5 heavy (non-hydrogen) atoms. The van der Waals surface area contributed by atoms with E-state index in [0.29, 0.717) is 0 Å². The van der Waals surface area contributed by atoms with Crippen molar-refractivity contribution in [1.29, 1.82) is 0 Å². The van der Waals surface area contributed by atoms with Crippen LogP contribution in [0.2, 0.25) is 13.9 Å². The van der Waals surface area contributed by atoms with Crippen LogP contribution in [0.1, 0.15) is 0 Å². The molecular formula is C3H11OZr. The second-order valence-electron chi connectivity index (χ2n) is 1.50. The minimum atomic E-state index is -0.543. The first-order valence-electron chi connectivity index (χ1n) is 1.50. The molecule has 0 atom stereocenters. The van der Waals surface area contributed by atoms with Gasteiger partial charge in [-0.2, -0.15) is 0 Å². The summed E-state index contributed by atoms with van der Waals surface area (Å²) in [5.74, 6) is 0. The molecule has 33 valence electrons. The third-order valence-corrected chi connectivity index (χ3v) is 0. The van der Waals surface area contributed by atoms with Crippen molar-refractivity contribution in [2.75, 3.05) is 0 Å². The average molecular weight is 154 g/mol. The summed E-state index contributed by atoms with van der Waals surface area (Å²) >= 11 is -0.543. The summed E-state index contributed by atoms with van der Waals surface area (Å²) in [6.45, 7) is 0. The Bertz CT molecular complexity index is 11.6. The third-order valence-electron chi connectivity index (χ3n) is 0. The first-order valence-corrected chi connectivity index (χ1v) is 8.87. The molecule has 0 aliphatic rings. The Morgan fingerprint density at radius 2 is 1.00 bits per heavy atom. The van der Waals surface area contributed by atoms with Crippen LogP contribution in [0.5, 0.6) is 0 Å². The van der Waals surface area contributed by atoms with Gasteiger partial charge in [0, 0.05) is 0 Å². The van der Waals surface area contributed by atoms with Crippen LogP contribution in [-0.4, -0.2) is 5.48 Å². The van der Waals surface area contributed by atoms with Crippen molar-refractivity contribution >= 4 is 0 Å². The van der Waals surface area contributed by atoms with E-state index in [1.807, 2.05) is 0 Å². The standard InChI is InChI=1S/3CH3.H2O.Zr/h3*1H3;1H2;. The van der Waals surface area contributed by atoms with E-state index in [-0.39, 0.29) is 5.48 Å². The summed E-state index contributed by atoms with van der Waals surface area (Å²) in [6.07, 6.45) is 0. The molecule has 0 aromatic carbocycles. The van der Waals surface area contributed by atoms with Crippen LogP contribution in [0, 0.1) is 0 Å². The van der Waals surface area contributed by atoms with Crippen LogP contribution in [-0.2, 0) is 21.8 Å². The van der Waals surface area contributed by atoms with Gasteiger partial charge in [0.2, 0.25) is 0 Å². The van der Waals surface area contributed by atoms with Gasteiger partial charge in [0.05, 0.1) is 0 Å². The molecule has 2 heteroatoms. The fourth-order valence-electron chi connectivity index (χ4n) is 0. The summed E-state index contributed by atoms with van der Waals surface area (Å²) in [7, 11) is 0. The second-order valence-corrected chi connectivity index (χ2v) is 8.87. The van der Waals surface area contributed by atoms with Crippen molar-refractivity contribution in [2.45, 2.75) is 13.9 Å². The molecule has 0 rings (SSSR count). The zero-order valence-corrected chi connectivity index (χ0v) is 6.46. The van der Waals surface area contributed by atoms with E-state index in [2.05, 4.69) is 13.9 Å². The van der Waals surface area contributed by atoms with Gasteiger partial charge < -0.3 is 5.48 Å². The number of rotatable bonds is 0. The number of hydrogen-bond acceptors (Lipinski definition) is 0. The summed E-state index contributed by atoms with van der Waals surface area (Å²) in [5, 5.41) is 0. The Labute approximate surface area is 41.4 Å². The fourth-order valence-corrected chi connectivity index (χ4v) is 0. The molecule has 0 amide bonds. The number of hydrogen-bond donors (Lipinski definition) is 0. The predicted octanol–water partition coefficient (Wildman–Crippen LogP) is 0.924. The molecule has 0 unspecified atom stereocenters. The van der Waals surface area contributed by atoms with Crippen LogP contribution in [0.25, 0.3) is 0 Å². The van der Waals surface area contributed by atoms with Gasteiger partial charge in [0.15, 0.2) is 0 Å². The van der Waals surface area contributed by atoms with Crippen molar-refractivity contribution in [1.82, 2.24) is 0 Å². The van der Waals surface area contributed by atoms with Crippen LogP contribution < -0.4 is 0 Å². The van der Waals surface area contributed by atoms with Gasteiger partial charge >= 0.3 is 35.6 Å². The normalized spacial score (nSPS) is 5.40. The molecule has 0 radical (unpaired) electrons. The Morgan fingerprint density at radius 1 is 1.00 bits per heavy atom. The topological polar surface area (TPSA) is 31.5 Å². The molecule has 0 saturated carbocycles. The van der Waals surface area contributed by atoms with Gasteiger partial charge in [-0.05, 0) is 0 Å². The van der Waals surface area contributed by atoms with Gasteiger partial charge in [-0.25, -0.2) is 0 Å². The molecule has 0 heterocycles. The minimum absolute atomic E-state index is 0. The zero-order chi connectivity index (χ0) is 3.58. The Hall–Kier alpha value is 0.843. The van der Waals surface area contributed by atoms with Crippen molar-refractivity contribution in [2.24, 2.45) is 0 Å². The average Bonchev–Trinajstić information content (AvgIpc) is 0.811. The van der Waals surface area contributed by atoms with Gasteiger partial charge in [0.1, 0.15) is 0 Å². The van der Waals surface area contributed by atoms with E-state index in [0.717, 1.165) is 0 Å². The molecule has 0 aromatic rings. The Kier molecular flexibility index (Phi) is 8.99. The van der Waals surface area contributed by atoms with Gasteiger partial charge in [-0.1, -0.05) is 0 Å². The SMILES string of the molecule is O.[CH3][Zr]([CH3])[CH3]. The molecule has 0 fully saturated rings. The van der Waals surface area contributed by atoms with Crippen LogP contribution in [0.3, 0.4) is 0 Å². The van der Waals surface area contributed by atoms with E-state index in [1.165, 1.54) is 0 Å². The van der Waals surface area contributed by atoms with Crippen LogP contribution in [0.4, 0.5) is 0 Å². The predicted molar refractivity (Wildman–Crippen MR) is 21.2 cm³/mol. The first-order chi connectivity index (χ1) is 1.73. The van der Waals surface area contributed by atoms with Gasteiger partial charge in [-0.15, -0.1) is 0 Å². The molecule has 1 nitrogen and oxygen atoms in total. The molecule has 0 spiro atoms. The molecule has 0 aliphatic carbocycles. The van der Waals surface area contributed by atoms with Crippen LogP contribution >= 0.6 is 0 Å². The summed E-state index contributed by atoms with van der Waals surface area (Å²) in [5.41, 5.74) is 0. The molecule has 0 aromatic heterocycles. The molecule has 0 saturated heterocycles. The molecule has 0 bridgehead atoms. The van der Waals surface area contributed by atoms with Gasteiger partial charge in [0.25, 0.3) is 0 Å². The van der Waals surface area contributed by atoms with E-state index < -0.39 is 21.8 Å². The van der Waals surface area contributed by atoms with Gasteiger partial charge in [-0.3, -0.25) is 0 Å². The zero-order valence-electron chi connectivity index (χ0n) is 4.00. The molecular weight excluding hydrogens is 143 g/mol. The summed E-state index contributed by atoms with van der Waals surface area (Å²) in [4.78, 5) is 0. The fraction of sp³-hybridized carbons (Fsp3) is 1.00. The maximum atomic E-state index is 2.36. The van der Waals surface area contributed by atoms with E-state index >= 15 is 0 Å². The Balaban J connectivity index is 0.